The molecule has 1 rings (SSSR count). The fraction of sp³-hybridized carbons (Fsp3) is 0.333. The van der Waals surface area contributed by atoms with Crippen molar-refractivity contribution in [2.24, 2.45) is 5.73 Å². The minimum atomic E-state index is -0.380. The molecule has 0 atom stereocenters. The van der Waals surface area contributed by atoms with Crippen LogP contribution in [-0.2, 0) is 9.59 Å². The highest BCUT2D eigenvalue weighted by atomic mass is 35.5. The summed E-state index contributed by atoms with van der Waals surface area (Å²) in [5.74, 6) is -0.125. The van der Waals surface area contributed by atoms with Gasteiger partial charge in [-0.2, -0.15) is 0 Å². The summed E-state index contributed by atoms with van der Waals surface area (Å²) >= 11 is 5.98. The third kappa shape index (κ3) is 4.88. The molecule has 0 heterocycles. The molecule has 8 heteroatoms. The molecule has 0 fully saturated rings. The first-order valence-electron chi connectivity index (χ1n) is 5.56. The van der Waals surface area contributed by atoms with E-state index < -0.39 is 0 Å². The van der Waals surface area contributed by atoms with Crippen LogP contribution in [0.1, 0.15) is 0 Å². The Morgan fingerprint density at radius 3 is 2.60 bits per heavy atom. The van der Waals surface area contributed by atoms with Crippen molar-refractivity contribution in [2.45, 2.75) is 0 Å². The number of halogens is 2. The standard InChI is InChI=1S/C12H16ClN3O3.ClH/c1-16(12(18)7-15-11(17)6-14)8-3-4-10(19-2)9(13)5-8;/h3-5H,6-7,14H2,1-2H3,(H,15,17);1H. The molecule has 0 aromatic heterocycles. The van der Waals surface area contributed by atoms with E-state index in [4.69, 9.17) is 22.1 Å². The number of hydrogen-bond acceptors (Lipinski definition) is 4. The highest BCUT2D eigenvalue weighted by molar-refractivity contribution is 6.32. The molecule has 1 aromatic carbocycles. The molecular formula is C12H17Cl2N3O3. The van der Waals surface area contributed by atoms with E-state index in [9.17, 15) is 9.59 Å². The maximum atomic E-state index is 11.8. The lowest BCUT2D eigenvalue weighted by molar-refractivity contribution is -0.124. The van der Waals surface area contributed by atoms with Crippen molar-refractivity contribution in [1.82, 2.24) is 5.32 Å². The molecule has 0 aliphatic carbocycles. The second-order valence-electron chi connectivity index (χ2n) is 3.75. The number of nitrogens with two attached hydrogens (primary N) is 1. The van der Waals surface area contributed by atoms with Crippen LogP contribution in [0.3, 0.4) is 0 Å². The third-order valence-electron chi connectivity index (χ3n) is 2.52. The molecule has 112 valence electrons. The van der Waals surface area contributed by atoms with Crippen molar-refractivity contribution < 1.29 is 14.3 Å². The van der Waals surface area contributed by atoms with Crippen LogP contribution in [0.4, 0.5) is 5.69 Å². The lowest BCUT2D eigenvalue weighted by atomic mass is 10.2. The van der Waals surface area contributed by atoms with Crippen LogP contribution in [0.15, 0.2) is 18.2 Å². The number of hydrogen-bond donors (Lipinski definition) is 2. The summed E-state index contributed by atoms with van der Waals surface area (Å²) in [6.45, 7) is -0.262. The van der Waals surface area contributed by atoms with E-state index in [2.05, 4.69) is 5.32 Å². The second kappa shape index (κ2) is 8.63. The van der Waals surface area contributed by atoms with E-state index in [-0.39, 0.29) is 37.3 Å². The number of benzene rings is 1. The van der Waals surface area contributed by atoms with Gasteiger partial charge in [0.1, 0.15) is 5.75 Å². The lowest BCUT2D eigenvalue weighted by Gasteiger charge is -2.18. The number of rotatable bonds is 5. The summed E-state index contributed by atoms with van der Waals surface area (Å²) in [5, 5.41) is 2.82. The van der Waals surface area contributed by atoms with Gasteiger partial charge in [0, 0.05) is 12.7 Å². The minimum absolute atomic E-state index is 0. The zero-order chi connectivity index (χ0) is 14.4. The van der Waals surface area contributed by atoms with Crippen molar-refractivity contribution in [3.63, 3.8) is 0 Å². The quantitative estimate of drug-likeness (QED) is 0.840. The van der Waals surface area contributed by atoms with Crippen molar-refractivity contribution in [2.75, 3.05) is 32.1 Å². The molecule has 20 heavy (non-hydrogen) atoms. The number of carbonyl (C=O) groups is 2. The highest BCUT2D eigenvalue weighted by Crippen LogP contribution is 2.28. The molecule has 0 aliphatic heterocycles. The first kappa shape index (κ1) is 18.5. The molecule has 0 aliphatic rings. The number of methoxy groups -OCH3 is 1. The van der Waals surface area contributed by atoms with Crippen molar-refractivity contribution >= 4 is 41.5 Å². The Hall–Kier alpha value is -1.50. The summed E-state index contributed by atoms with van der Waals surface area (Å²) < 4.78 is 5.03. The van der Waals surface area contributed by atoms with Crippen LogP contribution in [0.2, 0.25) is 5.02 Å². The van der Waals surface area contributed by atoms with Gasteiger partial charge in [-0.3, -0.25) is 9.59 Å². The predicted molar refractivity (Wildman–Crippen MR) is 80.7 cm³/mol. The Labute approximate surface area is 128 Å². The van der Waals surface area contributed by atoms with Gasteiger partial charge < -0.3 is 20.7 Å². The largest absolute Gasteiger partial charge is 0.495 e. The van der Waals surface area contributed by atoms with E-state index in [0.717, 1.165) is 0 Å². The van der Waals surface area contributed by atoms with Crippen LogP contribution in [0.5, 0.6) is 5.75 Å². The van der Waals surface area contributed by atoms with Crippen molar-refractivity contribution in [3.8, 4) is 5.75 Å². The maximum Gasteiger partial charge on any atom is 0.246 e. The smallest absolute Gasteiger partial charge is 0.246 e. The molecule has 3 N–H and O–H groups in total. The van der Waals surface area contributed by atoms with Gasteiger partial charge in [0.2, 0.25) is 11.8 Å². The summed E-state index contributed by atoms with van der Waals surface area (Å²) in [6, 6.07) is 4.98. The molecule has 0 radical (unpaired) electrons. The number of nitrogens with zero attached hydrogens (tertiary/aromatic N) is 1. The average molecular weight is 322 g/mol. The molecule has 0 spiro atoms. The summed E-state index contributed by atoms with van der Waals surface area (Å²) in [6.07, 6.45) is 0. The van der Waals surface area contributed by atoms with E-state index in [0.29, 0.717) is 16.5 Å². The average Bonchev–Trinajstić information content (AvgIpc) is 2.43. The van der Waals surface area contributed by atoms with E-state index >= 15 is 0 Å². The van der Waals surface area contributed by atoms with Crippen LogP contribution in [-0.4, -0.2) is 39.1 Å². The fourth-order valence-electron chi connectivity index (χ4n) is 1.37. The van der Waals surface area contributed by atoms with Gasteiger partial charge in [0.25, 0.3) is 0 Å². The van der Waals surface area contributed by atoms with E-state index in [1.165, 1.54) is 12.0 Å². The topological polar surface area (TPSA) is 84.7 Å². The Morgan fingerprint density at radius 1 is 1.45 bits per heavy atom. The van der Waals surface area contributed by atoms with Crippen molar-refractivity contribution in [3.05, 3.63) is 23.2 Å². The Balaban J connectivity index is 0.00000361. The second-order valence-corrected chi connectivity index (χ2v) is 4.16. The number of carbonyl (C=O) groups excluding carboxylic acids is 2. The third-order valence-corrected chi connectivity index (χ3v) is 2.81. The fourth-order valence-corrected chi connectivity index (χ4v) is 1.62. The lowest BCUT2D eigenvalue weighted by Crippen LogP contribution is -2.40. The summed E-state index contributed by atoms with van der Waals surface area (Å²) in [5.41, 5.74) is 5.74. The van der Waals surface area contributed by atoms with Crippen LogP contribution in [0, 0.1) is 0 Å². The molecule has 0 saturated carbocycles. The maximum absolute atomic E-state index is 11.8. The highest BCUT2D eigenvalue weighted by Gasteiger charge is 2.13. The normalized spacial score (nSPS) is 9.40. The van der Waals surface area contributed by atoms with Crippen LogP contribution < -0.4 is 20.7 Å². The van der Waals surface area contributed by atoms with Crippen molar-refractivity contribution in [1.29, 1.82) is 0 Å². The molecule has 0 bridgehead atoms. The zero-order valence-electron chi connectivity index (χ0n) is 11.2. The van der Waals surface area contributed by atoms with Gasteiger partial charge in [-0.25, -0.2) is 0 Å². The first-order valence-corrected chi connectivity index (χ1v) is 5.94. The SMILES string of the molecule is COc1ccc(N(C)C(=O)CNC(=O)CN)cc1Cl.Cl. The van der Waals surface area contributed by atoms with Gasteiger partial charge in [-0.1, -0.05) is 11.6 Å². The number of likely N-dealkylation sites (N-methyl/N-ethyl adjacent to an activating group) is 1. The van der Waals surface area contributed by atoms with Crippen LogP contribution >= 0.6 is 24.0 Å². The van der Waals surface area contributed by atoms with Crippen LogP contribution in [0.25, 0.3) is 0 Å². The monoisotopic (exact) mass is 321 g/mol. The van der Waals surface area contributed by atoms with Gasteiger partial charge in [0.15, 0.2) is 0 Å². The Morgan fingerprint density at radius 2 is 2.10 bits per heavy atom. The van der Waals surface area contributed by atoms with E-state index in [1.54, 1.807) is 25.2 Å². The number of anilines is 1. The predicted octanol–water partition coefficient (Wildman–Crippen LogP) is 0.808. The zero-order valence-corrected chi connectivity index (χ0v) is 12.8. The minimum Gasteiger partial charge on any atom is -0.495 e. The van der Waals surface area contributed by atoms with Gasteiger partial charge >= 0.3 is 0 Å². The molecule has 0 saturated heterocycles. The van der Waals surface area contributed by atoms with E-state index in [1.807, 2.05) is 0 Å². The number of amides is 2. The number of nitrogens with one attached hydrogen (secondary N) is 1. The first-order chi connectivity index (χ1) is 8.99. The van der Waals surface area contributed by atoms with Gasteiger partial charge in [0.05, 0.1) is 25.2 Å². The molecule has 6 nitrogen and oxygen atoms in total. The molecule has 1 aromatic rings. The molecule has 2 amide bonds. The summed E-state index contributed by atoms with van der Waals surface area (Å²) in [4.78, 5) is 24.2. The van der Waals surface area contributed by atoms with Gasteiger partial charge in [-0.05, 0) is 18.2 Å². The Bertz CT molecular complexity index is 483. The number of ether oxygens (including phenoxy) is 1. The van der Waals surface area contributed by atoms with Gasteiger partial charge in [-0.15, -0.1) is 12.4 Å². The summed E-state index contributed by atoms with van der Waals surface area (Å²) in [7, 11) is 3.10. The molecule has 0 unspecified atom stereocenters. The molecular weight excluding hydrogens is 305 g/mol. The Kier molecular flexibility index (Phi) is 7.98.